The van der Waals surface area contributed by atoms with Gasteiger partial charge in [0, 0.05) is 31.5 Å². The van der Waals surface area contributed by atoms with Crippen LogP contribution in [-0.4, -0.2) is 23.5 Å². The van der Waals surface area contributed by atoms with Crippen LogP contribution in [0.15, 0.2) is 42.7 Å². The van der Waals surface area contributed by atoms with Gasteiger partial charge in [-0.3, -0.25) is 9.88 Å². The van der Waals surface area contributed by atoms with Crippen molar-refractivity contribution in [1.82, 2.24) is 9.88 Å². The molecular formula is C16H20FN3. The molecule has 2 aromatic rings. The second kappa shape index (κ2) is 6.59. The fraction of sp³-hybridized carbons (Fsp3) is 0.312. The molecule has 0 saturated carbocycles. The number of benzene rings is 1. The molecule has 4 heteroatoms. The Labute approximate surface area is 119 Å². The van der Waals surface area contributed by atoms with Crippen LogP contribution >= 0.6 is 0 Å². The van der Waals surface area contributed by atoms with E-state index in [9.17, 15) is 4.39 Å². The largest absolute Gasteiger partial charge is 0.329 e. The third-order valence-electron chi connectivity index (χ3n) is 3.53. The van der Waals surface area contributed by atoms with E-state index >= 15 is 0 Å². The van der Waals surface area contributed by atoms with Crippen molar-refractivity contribution in [1.29, 1.82) is 0 Å². The van der Waals surface area contributed by atoms with Crippen LogP contribution in [0.4, 0.5) is 4.39 Å². The van der Waals surface area contributed by atoms with Crippen LogP contribution in [-0.2, 0) is 6.54 Å². The first-order valence-corrected chi connectivity index (χ1v) is 6.67. The lowest BCUT2D eigenvalue weighted by molar-refractivity contribution is 0.241. The first kappa shape index (κ1) is 14.6. The van der Waals surface area contributed by atoms with E-state index < -0.39 is 0 Å². The maximum atomic E-state index is 13.2. The van der Waals surface area contributed by atoms with Gasteiger partial charge in [-0.2, -0.15) is 0 Å². The summed E-state index contributed by atoms with van der Waals surface area (Å²) in [5.41, 5.74) is 9.11. The van der Waals surface area contributed by atoms with Crippen LogP contribution in [0.5, 0.6) is 0 Å². The molecule has 0 aliphatic heterocycles. The Bertz CT molecular complexity index is 557. The van der Waals surface area contributed by atoms with Gasteiger partial charge in [0.15, 0.2) is 0 Å². The average molecular weight is 273 g/mol. The summed E-state index contributed by atoms with van der Waals surface area (Å²) in [5.74, 6) is -0.209. The molecule has 1 atom stereocenters. The minimum Gasteiger partial charge on any atom is -0.329 e. The van der Waals surface area contributed by atoms with Gasteiger partial charge in [0.25, 0.3) is 0 Å². The Morgan fingerprint density at radius 2 is 1.95 bits per heavy atom. The van der Waals surface area contributed by atoms with Gasteiger partial charge in [-0.1, -0.05) is 6.07 Å². The van der Waals surface area contributed by atoms with Crippen molar-refractivity contribution in [2.45, 2.75) is 19.5 Å². The lowest BCUT2D eigenvalue weighted by Crippen LogP contribution is -2.30. The SMILES string of the molecule is Cc1cc(F)ccc1C(CN)N(C)Cc1ccncc1. The highest BCUT2D eigenvalue weighted by molar-refractivity contribution is 5.30. The Morgan fingerprint density at radius 3 is 2.55 bits per heavy atom. The molecule has 0 aliphatic carbocycles. The number of nitrogens with zero attached hydrogens (tertiary/aromatic N) is 2. The second-order valence-electron chi connectivity index (χ2n) is 5.02. The summed E-state index contributed by atoms with van der Waals surface area (Å²) in [6.07, 6.45) is 3.56. The molecule has 0 amide bonds. The van der Waals surface area contributed by atoms with Crippen molar-refractivity contribution in [2.24, 2.45) is 5.73 Å². The Kier molecular flexibility index (Phi) is 4.82. The predicted octanol–water partition coefficient (Wildman–Crippen LogP) is 2.66. The highest BCUT2D eigenvalue weighted by Gasteiger charge is 2.17. The molecule has 2 N–H and O–H groups in total. The van der Waals surface area contributed by atoms with Gasteiger partial charge in [0.05, 0.1) is 0 Å². The lowest BCUT2D eigenvalue weighted by atomic mass is 9.99. The van der Waals surface area contributed by atoms with Crippen molar-refractivity contribution < 1.29 is 4.39 Å². The Hall–Kier alpha value is -1.78. The van der Waals surface area contributed by atoms with Gasteiger partial charge in [0.2, 0.25) is 0 Å². The summed E-state index contributed by atoms with van der Waals surface area (Å²) in [5, 5.41) is 0. The van der Waals surface area contributed by atoms with Crippen LogP contribution in [0, 0.1) is 12.7 Å². The zero-order chi connectivity index (χ0) is 14.5. The molecule has 1 aromatic heterocycles. The van der Waals surface area contributed by atoms with Crippen LogP contribution < -0.4 is 5.73 Å². The summed E-state index contributed by atoms with van der Waals surface area (Å²) in [6, 6.07) is 8.92. The third kappa shape index (κ3) is 3.40. The normalized spacial score (nSPS) is 12.7. The van der Waals surface area contributed by atoms with Crippen LogP contribution in [0.25, 0.3) is 0 Å². The molecule has 0 fully saturated rings. The molecule has 1 unspecified atom stereocenters. The number of aromatic nitrogens is 1. The summed E-state index contributed by atoms with van der Waals surface area (Å²) < 4.78 is 13.2. The van der Waals surface area contributed by atoms with Crippen molar-refractivity contribution in [3.8, 4) is 0 Å². The van der Waals surface area contributed by atoms with Gasteiger partial charge in [-0.15, -0.1) is 0 Å². The number of halogens is 1. The molecule has 0 spiro atoms. The number of nitrogens with two attached hydrogens (primary N) is 1. The minimum absolute atomic E-state index is 0.0729. The van der Waals surface area contributed by atoms with Crippen molar-refractivity contribution in [3.63, 3.8) is 0 Å². The lowest BCUT2D eigenvalue weighted by Gasteiger charge is -2.28. The van der Waals surface area contributed by atoms with Crippen molar-refractivity contribution in [3.05, 3.63) is 65.2 Å². The maximum Gasteiger partial charge on any atom is 0.123 e. The van der Waals surface area contributed by atoms with Gasteiger partial charge in [0.1, 0.15) is 5.82 Å². The van der Waals surface area contributed by atoms with Crippen LogP contribution in [0.3, 0.4) is 0 Å². The summed E-state index contributed by atoms with van der Waals surface area (Å²) in [7, 11) is 2.03. The Balaban J connectivity index is 2.19. The van der Waals surface area contributed by atoms with Gasteiger partial charge in [-0.25, -0.2) is 4.39 Å². The number of rotatable bonds is 5. The van der Waals surface area contributed by atoms with Gasteiger partial charge in [-0.05, 0) is 54.9 Å². The fourth-order valence-electron chi connectivity index (χ4n) is 2.44. The molecule has 0 aliphatic rings. The number of aryl methyl sites for hydroxylation is 1. The van der Waals surface area contributed by atoms with Gasteiger partial charge >= 0.3 is 0 Å². The quantitative estimate of drug-likeness (QED) is 0.910. The summed E-state index contributed by atoms with van der Waals surface area (Å²) >= 11 is 0. The summed E-state index contributed by atoms with van der Waals surface area (Å²) in [6.45, 7) is 3.19. The monoisotopic (exact) mass is 273 g/mol. The molecule has 1 heterocycles. The smallest absolute Gasteiger partial charge is 0.123 e. The highest BCUT2D eigenvalue weighted by Crippen LogP contribution is 2.24. The van der Waals surface area contributed by atoms with E-state index in [-0.39, 0.29) is 11.9 Å². The second-order valence-corrected chi connectivity index (χ2v) is 5.02. The topological polar surface area (TPSA) is 42.1 Å². The maximum absolute atomic E-state index is 13.2. The third-order valence-corrected chi connectivity index (χ3v) is 3.53. The van der Waals surface area contributed by atoms with Crippen molar-refractivity contribution >= 4 is 0 Å². The average Bonchev–Trinajstić information content (AvgIpc) is 2.43. The molecule has 20 heavy (non-hydrogen) atoms. The first-order chi connectivity index (χ1) is 9.61. The predicted molar refractivity (Wildman–Crippen MR) is 78.6 cm³/mol. The van der Waals surface area contributed by atoms with Crippen LogP contribution in [0.2, 0.25) is 0 Å². The zero-order valence-electron chi connectivity index (χ0n) is 11.9. The fourth-order valence-corrected chi connectivity index (χ4v) is 2.44. The Morgan fingerprint density at radius 1 is 1.25 bits per heavy atom. The van der Waals surface area contributed by atoms with Gasteiger partial charge < -0.3 is 5.73 Å². The molecule has 106 valence electrons. The molecule has 2 rings (SSSR count). The van der Waals surface area contributed by atoms with Crippen LogP contribution in [0.1, 0.15) is 22.7 Å². The van der Waals surface area contributed by atoms with Crippen molar-refractivity contribution in [2.75, 3.05) is 13.6 Å². The van der Waals surface area contributed by atoms with E-state index in [0.29, 0.717) is 6.54 Å². The standard InChI is InChI=1S/C16H20FN3/c1-12-9-14(17)3-4-15(12)16(10-18)20(2)11-13-5-7-19-8-6-13/h3-9,16H,10-11,18H2,1-2H3. The molecular weight excluding hydrogens is 253 g/mol. The van der Waals surface area contributed by atoms with E-state index in [1.807, 2.05) is 32.2 Å². The minimum atomic E-state index is -0.209. The van der Waals surface area contributed by atoms with E-state index in [1.165, 1.54) is 11.6 Å². The van der Waals surface area contributed by atoms with E-state index in [0.717, 1.165) is 17.7 Å². The van der Waals surface area contributed by atoms with E-state index in [2.05, 4.69) is 9.88 Å². The number of hydrogen-bond acceptors (Lipinski definition) is 3. The zero-order valence-corrected chi connectivity index (χ0v) is 11.9. The number of pyridine rings is 1. The van der Waals surface area contributed by atoms with E-state index in [4.69, 9.17) is 5.73 Å². The molecule has 0 saturated heterocycles. The first-order valence-electron chi connectivity index (χ1n) is 6.67. The molecule has 0 bridgehead atoms. The number of hydrogen-bond donors (Lipinski definition) is 1. The highest BCUT2D eigenvalue weighted by atomic mass is 19.1. The molecule has 1 aromatic carbocycles. The molecule has 0 radical (unpaired) electrons. The van der Waals surface area contributed by atoms with E-state index in [1.54, 1.807) is 18.5 Å². The summed E-state index contributed by atoms with van der Waals surface area (Å²) in [4.78, 5) is 6.19. The number of likely N-dealkylation sites (N-methyl/N-ethyl adjacent to an activating group) is 1. The molecule has 3 nitrogen and oxygen atoms in total.